The molecule has 0 spiro atoms. The standard InChI is InChI=1S/C11H14ClN3S/c12-10-9(7-13-4-3-8-1-2-8)15-5-6-16-11(15)14-10/h5-6,8,13H,1-4,7H2. The third-order valence-electron chi connectivity index (χ3n) is 3.03. The van der Waals surface area contributed by atoms with Crippen molar-refractivity contribution in [3.63, 3.8) is 0 Å². The van der Waals surface area contributed by atoms with Gasteiger partial charge in [0.1, 0.15) is 0 Å². The van der Waals surface area contributed by atoms with Crippen molar-refractivity contribution in [3.8, 4) is 0 Å². The van der Waals surface area contributed by atoms with Crippen LogP contribution in [0.3, 0.4) is 0 Å². The van der Waals surface area contributed by atoms with Crippen LogP contribution in [0, 0.1) is 5.92 Å². The van der Waals surface area contributed by atoms with Crippen LogP contribution < -0.4 is 5.32 Å². The molecule has 1 saturated carbocycles. The highest BCUT2D eigenvalue weighted by atomic mass is 35.5. The van der Waals surface area contributed by atoms with E-state index in [2.05, 4.69) is 14.7 Å². The second-order valence-corrected chi connectivity index (χ2v) is 5.54. The molecular weight excluding hydrogens is 242 g/mol. The molecule has 3 nitrogen and oxygen atoms in total. The summed E-state index contributed by atoms with van der Waals surface area (Å²) in [5, 5.41) is 6.11. The first-order valence-corrected chi connectivity index (χ1v) is 6.91. The third kappa shape index (κ3) is 2.10. The maximum absolute atomic E-state index is 6.10. The Balaban J connectivity index is 1.63. The molecule has 1 fully saturated rings. The van der Waals surface area contributed by atoms with E-state index < -0.39 is 0 Å². The van der Waals surface area contributed by atoms with Gasteiger partial charge in [0.2, 0.25) is 0 Å². The first-order chi connectivity index (χ1) is 7.84. The third-order valence-corrected chi connectivity index (χ3v) is 4.09. The average Bonchev–Trinajstić information content (AvgIpc) is 2.90. The van der Waals surface area contributed by atoms with Crippen LogP contribution >= 0.6 is 22.9 Å². The minimum atomic E-state index is 0.630. The largest absolute Gasteiger partial charge is 0.311 e. The molecule has 16 heavy (non-hydrogen) atoms. The summed E-state index contributed by atoms with van der Waals surface area (Å²) in [6.07, 6.45) is 6.16. The molecule has 0 radical (unpaired) electrons. The number of hydrogen-bond donors (Lipinski definition) is 1. The molecule has 0 unspecified atom stereocenters. The van der Waals surface area contributed by atoms with E-state index in [1.54, 1.807) is 11.3 Å². The van der Waals surface area contributed by atoms with Gasteiger partial charge in [0.05, 0.1) is 5.69 Å². The zero-order chi connectivity index (χ0) is 11.0. The Labute approximate surface area is 103 Å². The quantitative estimate of drug-likeness (QED) is 0.833. The minimum Gasteiger partial charge on any atom is -0.311 e. The Hall–Kier alpha value is -0.580. The summed E-state index contributed by atoms with van der Waals surface area (Å²) < 4.78 is 2.07. The van der Waals surface area contributed by atoms with E-state index in [-0.39, 0.29) is 0 Å². The van der Waals surface area contributed by atoms with Crippen LogP contribution in [0.4, 0.5) is 0 Å². The normalized spacial score (nSPS) is 16.1. The number of nitrogens with one attached hydrogen (secondary N) is 1. The molecule has 1 aliphatic rings. The molecule has 0 bridgehead atoms. The second kappa shape index (κ2) is 4.35. The molecule has 2 heterocycles. The van der Waals surface area contributed by atoms with Crippen LogP contribution in [-0.4, -0.2) is 15.9 Å². The highest BCUT2D eigenvalue weighted by molar-refractivity contribution is 7.15. The van der Waals surface area contributed by atoms with E-state index in [1.807, 2.05) is 11.6 Å². The number of hydrogen-bond acceptors (Lipinski definition) is 3. The van der Waals surface area contributed by atoms with Gasteiger partial charge in [-0.1, -0.05) is 24.4 Å². The fourth-order valence-corrected chi connectivity index (χ4v) is 2.90. The SMILES string of the molecule is Clc1nc2sccn2c1CNCCC1CC1. The molecule has 1 N–H and O–H groups in total. The van der Waals surface area contributed by atoms with Crippen molar-refractivity contribution < 1.29 is 0 Å². The van der Waals surface area contributed by atoms with Crippen LogP contribution in [0.15, 0.2) is 11.6 Å². The van der Waals surface area contributed by atoms with Crippen molar-refractivity contribution in [2.75, 3.05) is 6.54 Å². The minimum absolute atomic E-state index is 0.630. The lowest BCUT2D eigenvalue weighted by atomic mass is 10.3. The molecule has 3 rings (SSSR count). The molecule has 2 aromatic heterocycles. The number of imidazole rings is 1. The zero-order valence-electron chi connectivity index (χ0n) is 8.95. The van der Waals surface area contributed by atoms with Gasteiger partial charge in [0.15, 0.2) is 10.1 Å². The maximum atomic E-state index is 6.10. The lowest BCUT2D eigenvalue weighted by Gasteiger charge is -2.03. The number of rotatable bonds is 5. The summed E-state index contributed by atoms with van der Waals surface area (Å²) in [5.41, 5.74) is 1.08. The zero-order valence-corrected chi connectivity index (χ0v) is 10.5. The Morgan fingerprint density at radius 3 is 3.25 bits per heavy atom. The van der Waals surface area contributed by atoms with Gasteiger partial charge >= 0.3 is 0 Å². The van der Waals surface area contributed by atoms with Crippen molar-refractivity contribution >= 4 is 27.9 Å². The lowest BCUT2D eigenvalue weighted by molar-refractivity contribution is 0.605. The van der Waals surface area contributed by atoms with Crippen molar-refractivity contribution in [1.82, 2.24) is 14.7 Å². The monoisotopic (exact) mass is 255 g/mol. The average molecular weight is 256 g/mol. The number of thiazole rings is 1. The van der Waals surface area contributed by atoms with Crippen LogP contribution in [0.5, 0.6) is 0 Å². The molecule has 0 aromatic carbocycles. The van der Waals surface area contributed by atoms with Gasteiger partial charge in [-0.25, -0.2) is 4.98 Å². The Morgan fingerprint density at radius 2 is 2.44 bits per heavy atom. The predicted molar refractivity (Wildman–Crippen MR) is 67.1 cm³/mol. The fourth-order valence-electron chi connectivity index (χ4n) is 1.88. The van der Waals surface area contributed by atoms with E-state index in [0.29, 0.717) is 5.15 Å². The van der Waals surface area contributed by atoms with E-state index in [1.165, 1.54) is 19.3 Å². The summed E-state index contributed by atoms with van der Waals surface area (Å²) in [4.78, 5) is 5.28. The maximum Gasteiger partial charge on any atom is 0.195 e. The first kappa shape index (κ1) is 10.6. The molecule has 0 amide bonds. The van der Waals surface area contributed by atoms with Crippen LogP contribution in [0.1, 0.15) is 25.0 Å². The molecule has 86 valence electrons. The van der Waals surface area contributed by atoms with Gasteiger partial charge in [-0.3, -0.25) is 4.40 Å². The lowest BCUT2D eigenvalue weighted by Crippen LogP contribution is -2.16. The summed E-state index contributed by atoms with van der Waals surface area (Å²) in [6.45, 7) is 1.89. The molecular formula is C11H14ClN3S. The van der Waals surface area contributed by atoms with Gasteiger partial charge < -0.3 is 5.32 Å². The van der Waals surface area contributed by atoms with E-state index in [0.717, 1.165) is 29.7 Å². The summed E-state index contributed by atoms with van der Waals surface area (Å²) in [5.74, 6) is 0.981. The van der Waals surface area contributed by atoms with E-state index in [4.69, 9.17) is 11.6 Å². The van der Waals surface area contributed by atoms with Crippen molar-refractivity contribution in [2.24, 2.45) is 5.92 Å². The number of nitrogens with zero attached hydrogens (tertiary/aromatic N) is 2. The Kier molecular flexibility index (Phi) is 2.88. The molecule has 0 atom stereocenters. The number of fused-ring (bicyclic) bond motifs is 1. The Morgan fingerprint density at radius 1 is 1.56 bits per heavy atom. The Bertz CT molecular complexity index is 486. The molecule has 0 aliphatic heterocycles. The predicted octanol–water partition coefficient (Wildman–Crippen LogP) is 2.94. The second-order valence-electron chi connectivity index (χ2n) is 4.31. The van der Waals surface area contributed by atoms with E-state index in [9.17, 15) is 0 Å². The number of aromatic nitrogens is 2. The smallest absolute Gasteiger partial charge is 0.195 e. The summed E-state index contributed by atoms with van der Waals surface area (Å²) in [6, 6.07) is 0. The molecule has 2 aromatic rings. The van der Waals surface area contributed by atoms with Gasteiger partial charge in [-0.15, -0.1) is 11.3 Å². The van der Waals surface area contributed by atoms with Gasteiger partial charge in [0, 0.05) is 18.1 Å². The van der Waals surface area contributed by atoms with Crippen LogP contribution in [-0.2, 0) is 6.54 Å². The van der Waals surface area contributed by atoms with Gasteiger partial charge in [-0.05, 0) is 18.9 Å². The van der Waals surface area contributed by atoms with Crippen LogP contribution in [0.25, 0.3) is 4.96 Å². The summed E-state index contributed by atoms with van der Waals surface area (Å²) in [7, 11) is 0. The summed E-state index contributed by atoms with van der Waals surface area (Å²) >= 11 is 7.71. The molecule has 1 aliphatic carbocycles. The first-order valence-electron chi connectivity index (χ1n) is 5.65. The number of halogens is 1. The van der Waals surface area contributed by atoms with Crippen molar-refractivity contribution in [1.29, 1.82) is 0 Å². The molecule has 5 heteroatoms. The van der Waals surface area contributed by atoms with Crippen molar-refractivity contribution in [3.05, 3.63) is 22.4 Å². The molecule has 0 saturated heterocycles. The fraction of sp³-hybridized carbons (Fsp3) is 0.545. The van der Waals surface area contributed by atoms with E-state index >= 15 is 0 Å². The highest BCUT2D eigenvalue weighted by Crippen LogP contribution is 2.31. The van der Waals surface area contributed by atoms with Gasteiger partial charge in [0.25, 0.3) is 0 Å². The highest BCUT2D eigenvalue weighted by Gasteiger charge is 2.20. The van der Waals surface area contributed by atoms with Crippen molar-refractivity contribution in [2.45, 2.75) is 25.8 Å². The van der Waals surface area contributed by atoms with Gasteiger partial charge in [-0.2, -0.15) is 0 Å². The topological polar surface area (TPSA) is 29.3 Å². The van der Waals surface area contributed by atoms with Crippen LogP contribution in [0.2, 0.25) is 5.15 Å².